The lowest BCUT2D eigenvalue weighted by molar-refractivity contribution is 0.215. The van der Waals surface area contributed by atoms with E-state index in [2.05, 4.69) is 23.2 Å². The molecular weight excluding hydrogens is 256 g/mol. The number of benzene rings is 1. The number of oxime groups is 1. The molecule has 1 aromatic rings. The zero-order valence-corrected chi connectivity index (χ0v) is 12.1. The molecule has 1 heterocycles. The van der Waals surface area contributed by atoms with E-state index in [0.717, 1.165) is 31.4 Å². The summed E-state index contributed by atoms with van der Waals surface area (Å²) in [6, 6.07) is 2.44. The zero-order valence-electron chi connectivity index (χ0n) is 12.1. The van der Waals surface area contributed by atoms with Gasteiger partial charge in [-0.25, -0.2) is 0 Å². The predicted octanol–water partition coefficient (Wildman–Crippen LogP) is 2.20. The molecule has 1 aliphatic carbocycles. The molecule has 0 saturated carbocycles. The monoisotopic (exact) mass is 276 g/mol. The molecule has 20 heavy (non-hydrogen) atoms. The molecule has 108 valence electrons. The van der Waals surface area contributed by atoms with E-state index < -0.39 is 0 Å². The van der Waals surface area contributed by atoms with Gasteiger partial charge in [0, 0.05) is 12.6 Å². The molecule has 2 aliphatic rings. The largest absolute Gasteiger partial charge is 0.493 e. The smallest absolute Gasteiger partial charge is 0.170 e. The minimum absolute atomic E-state index is 0.374. The van der Waals surface area contributed by atoms with Gasteiger partial charge in [0.2, 0.25) is 0 Å². The fourth-order valence-corrected chi connectivity index (χ4v) is 3.47. The highest BCUT2D eigenvalue weighted by atomic mass is 16.5. The van der Waals surface area contributed by atoms with Gasteiger partial charge in [-0.2, -0.15) is 0 Å². The van der Waals surface area contributed by atoms with Crippen LogP contribution in [-0.2, 0) is 6.42 Å². The third-order valence-corrected chi connectivity index (χ3v) is 4.46. The molecule has 5 heteroatoms. The molecular formula is C15H20N2O3. The van der Waals surface area contributed by atoms with Gasteiger partial charge in [-0.3, -0.25) is 4.90 Å². The second-order valence-electron chi connectivity index (χ2n) is 5.39. The van der Waals surface area contributed by atoms with E-state index >= 15 is 0 Å². The third kappa shape index (κ3) is 1.77. The summed E-state index contributed by atoms with van der Waals surface area (Å²) in [7, 11) is 5.42. The summed E-state index contributed by atoms with van der Waals surface area (Å²) >= 11 is 0. The van der Waals surface area contributed by atoms with Crippen LogP contribution in [0.15, 0.2) is 11.2 Å². The second kappa shape index (κ2) is 4.98. The third-order valence-electron chi connectivity index (χ3n) is 4.46. The maximum absolute atomic E-state index is 9.33. The van der Waals surface area contributed by atoms with Gasteiger partial charge >= 0.3 is 0 Å². The van der Waals surface area contributed by atoms with Crippen LogP contribution in [0, 0.1) is 0 Å². The van der Waals surface area contributed by atoms with Crippen LogP contribution in [0.4, 0.5) is 0 Å². The number of rotatable bonds is 2. The molecule has 0 amide bonds. The van der Waals surface area contributed by atoms with E-state index in [-0.39, 0.29) is 0 Å². The Labute approximate surface area is 118 Å². The Bertz CT molecular complexity index is 569. The van der Waals surface area contributed by atoms with Gasteiger partial charge in [-0.05, 0) is 43.5 Å². The summed E-state index contributed by atoms with van der Waals surface area (Å²) in [4.78, 5) is 2.37. The Morgan fingerprint density at radius 2 is 2.10 bits per heavy atom. The van der Waals surface area contributed by atoms with Crippen LogP contribution in [0.25, 0.3) is 0 Å². The summed E-state index contributed by atoms with van der Waals surface area (Å²) in [6.07, 6.45) is 2.71. The van der Waals surface area contributed by atoms with Crippen LogP contribution >= 0.6 is 0 Å². The summed E-state index contributed by atoms with van der Waals surface area (Å²) in [5.74, 6) is 1.40. The first kappa shape index (κ1) is 13.2. The molecule has 1 aliphatic heterocycles. The first-order chi connectivity index (χ1) is 9.71. The summed E-state index contributed by atoms with van der Waals surface area (Å²) < 4.78 is 11.0. The lowest BCUT2D eigenvalue weighted by atomic mass is 9.79. The van der Waals surface area contributed by atoms with Gasteiger partial charge in [0.05, 0.1) is 25.5 Å². The van der Waals surface area contributed by atoms with E-state index in [1.54, 1.807) is 14.2 Å². The molecule has 1 unspecified atom stereocenters. The average Bonchev–Trinajstić information content (AvgIpc) is 2.49. The number of likely N-dealkylation sites (N-methyl/N-ethyl adjacent to an activating group) is 1. The van der Waals surface area contributed by atoms with Crippen molar-refractivity contribution in [1.82, 2.24) is 4.90 Å². The zero-order chi connectivity index (χ0) is 14.3. The summed E-state index contributed by atoms with van der Waals surface area (Å²) in [5.41, 5.74) is 4.15. The molecule has 1 N–H and O–H groups in total. The predicted molar refractivity (Wildman–Crippen MR) is 76.2 cm³/mol. The number of hydrogen-bond acceptors (Lipinski definition) is 5. The summed E-state index contributed by atoms with van der Waals surface area (Å²) in [5, 5.41) is 12.8. The van der Waals surface area contributed by atoms with E-state index in [1.165, 1.54) is 11.1 Å². The summed E-state index contributed by atoms with van der Waals surface area (Å²) in [6.45, 7) is 1.04. The number of hydrogen-bond donors (Lipinski definition) is 1. The Balaban J connectivity index is 2.31. The van der Waals surface area contributed by atoms with Crippen molar-refractivity contribution in [2.24, 2.45) is 5.16 Å². The molecule has 0 radical (unpaired) electrons. The SMILES string of the molecule is COc1cc2c3c(c1OC)/C(=N/O)CCC3N(C)CC2. The van der Waals surface area contributed by atoms with E-state index in [9.17, 15) is 5.21 Å². The quantitative estimate of drug-likeness (QED) is 0.664. The number of methoxy groups -OCH3 is 2. The van der Waals surface area contributed by atoms with Gasteiger partial charge in [0.25, 0.3) is 0 Å². The van der Waals surface area contributed by atoms with Gasteiger partial charge < -0.3 is 14.7 Å². The Morgan fingerprint density at radius 1 is 1.30 bits per heavy atom. The molecule has 1 atom stereocenters. The van der Waals surface area contributed by atoms with Gasteiger partial charge in [-0.1, -0.05) is 5.16 Å². The van der Waals surface area contributed by atoms with Crippen LogP contribution in [0.5, 0.6) is 11.5 Å². The maximum atomic E-state index is 9.33. The normalized spacial score (nSPS) is 23.6. The average molecular weight is 276 g/mol. The molecule has 5 nitrogen and oxygen atoms in total. The minimum atomic E-state index is 0.374. The first-order valence-electron chi connectivity index (χ1n) is 6.90. The van der Waals surface area contributed by atoms with Crippen LogP contribution in [0.1, 0.15) is 35.6 Å². The number of nitrogens with zero attached hydrogens (tertiary/aromatic N) is 2. The topological polar surface area (TPSA) is 54.3 Å². The lowest BCUT2D eigenvalue weighted by Gasteiger charge is -2.39. The highest BCUT2D eigenvalue weighted by Crippen LogP contribution is 2.46. The van der Waals surface area contributed by atoms with Crippen LogP contribution in [-0.4, -0.2) is 43.6 Å². The molecule has 1 aromatic carbocycles. The van der Waals surface area contributed by atoms with Crippen molar-refractivity contribution in [2.75, 3.05) is 27.8 Å². The van der Waals surface area contributed by atoms with Crippen molar-refractivity contribution in [3.8, 4) is 11.5 Å². The minimum Gasteiger partial charge on any atom is -0.493 e. The van der Waals surface area contributed by atoms with Crippen molar-refractivity contribution in [3.05, 3.63) is 22.8 Å². The van der Waals surface area contributed by atoms with Gasteiger partial charge in [0.15, 0.2) is 11.5 Å². The lowest BCUT2D eigenvalue weighted by Crippen LogP contribution is -2.36. The van der Waals surface area contributed by atoms with Crippen LogP contribution in [0.2, 0.25) is 0 Å². The highest BCUT2D eigenvalue weighted by molar-refractivity contribution is 6.06. The molecule has 0 saturated heterocycles. The van der Waals surface area contributed by atoms with Crippen LogP contribution < -0.4 is 9.47 Å². The van der Waals surface area contributed by atoms with E-state index in [1.807, 2.05) is 0 Å². The molecule has 0 aromatic heterocycles. The van der Waals surface area contributed by atoms with Gasteiger partial charge in [-0.15, -0.1) is 0 Å². The molecule has 0 bridgehead atoms. The standard InChI is InChI=1S/C15H20N2O3/c1-17-7-6-9-8-12(19-2)15(20-3)14-10(16-18)4-5-11(17)13(9)14/h8,11,18H,4-7H2,1-3H3/b16-10+. The number of ether oxygens (including phenoxy) is 2. The fourth-order valence-electron chi connectivity index (χ4n) is 3.47. The Hall–Kier alpha value is -1.75. The van der Waals surface area contributed by atoms with E-state index in [0.29, 0.717) is 23.3 Å². The first-order valence-corrected chi connectivity index (χ1v) is 6.90. The van der Waals surface area contributed by atoms with Crippen molar-refractivity contribution in [3.63, 3.8) is 0 Å². The van der Waals surface area contributed by atoms with Crippen molar-refractivity contribution in [1.29, 1.82) is 0 Å². The molecule has 3 rings (SSSR count). The van der Waals surface area contributed by atoms with Crippen molar-refractivity contribution >= 4 is 5.71 Å². The van der Waals surface area contributed by atoms with Crippen LogP contribution in [0.3, 0.4) is 0 Å². The van der Waals surface area contributed by atoms with Crippen molar-refractivity contribution in [2.45, 2.75) is 25.3 Å². The fraction of sp³-hybridized carbons (Fsp3) is 0.533. The second-order valence-corrected chi connectivity index (χ2v) is 5.39. The van der Waals surface area contributed by atoms with Crippen molar-refractivity contribution < 1.29 is 14.7 Å². The Morgan fingerprint density at radius 3 is 2.75 bits per heavy atom. The van der Waals surface area contributed by atoms with E-state index in [4.69, 9.17) is 9.47 Å². The van der Waals surface area contributed by atoms with Gasteiger partial charge in [0.1, 0.15) is 0 Å². The highest BCUT2D eigenvalue weighted by Gasteiger charge is 2.36. The maximum Gasteiger partial charge on any atom is 0.170 e. The molecule has 0 fully saturated rings. The Kier molecular flexibility index (Phi) is 3.30. The molecule has 0 spiro atoms.